The Hall–Kier alpha value is -2.14. The van der Waals surface area contributed by atoms with Crippen LogP contribution in [0.25, 0.3) is 10.2 Å². The molecule has 5 rings (SSSR count). The van der Waals surface area contributed by atoms with Crippen LogP contribution in [0.5, 0.6) is 0 Å². The van der Waals surface area contributed by atoms with Crippen LogP contribution in [0.15, 0.2) is 41.8 Å². The number of halogens is 1. The molecule has 0 spiro atoms. The van der Waals surface area contributed by atoms with Gasteiger partial charge in [0.1, 0.15) is 16.3 Å². The van der Waals surface area contributed by atoms with E-state index in [1.807, 2.05) is 11.4 Å². The van der Waals surface area contributed by atoms with Crippen molar-refractivity contribution in [3.05, 3.63) is 58.9 Å². The first kappa shape index (κ1) is 16.1. The molecule has 0 aliphatic heterocycles. The molecule has 1 N–H and O–H groups in total. The number of aromatic nitrogens is 1. The summed E-state index contributed by atoms with van der Waals surface area (Å²) in [6.45, 7) is 0.573. The number of amides is 1. The van der Waals surface area contributed by atoms with E-state index in [0.717, 1.165) is 28.1 Å². The monoisotopic (exact) mass is 368 g/mol. The Balaban J connectivity index is 1.44. The van der Waals surface area contributed by atoms with Crippen molar-refractivity contribution in [2.45, 2.75) is 38.3 Å². The molecular formula is C21H21FN2OS. The van der Waals surface area contributed by atoms with Gasteiger partial charge in [0.2, 0.25) is 0 Å². The van der Waals surface area contributed by atoms with Gasteiger partial charge in [0, 0.05) is 18.0 Å². The SMILES string of the molecule is O=C(N[C@H]1C[C@H]2CC[C@@H]1C2)c1cc2ccsc2n1Cc1ccc(F)cc1. The molecule has 1 amide bonds. The summed E-state index contributed by atoms with van der Waals surface area (Å²) in [5, 5.41) is 6.44. The number of hydrogen-bond donors (Lipinski definition) is 1. The molecule has 0 saturated heterocycles. The second-order valence-electron chi connectivity index (χ2n) is 7.68. The molecule has 3 atom stereocenters. The lowest BCUT2D eigenvalue weighted by molar-refractivity contribution is 0.0914. The molecule has 1 aromatic carbocycles. The molecule has 3 aromatic rings. The Bertz CT molecular complexity index is 958. The van der Waals surface area contributed by atoms with E-state index in [1.54, 1.807) is 23.5 Å². The fraction of sp³-hybridized carbons (Fsp3) is 0.381. The predicted octanol–water partition coefficient (Wildman–Crippen LogP) is 4.81. The Labute approximate surface area is 155 Å². The van der Waals surface area contributed by atoms with Gasteiger partial charge in [-0.15, -0.1) is 11.3 Å². The number of nitrogens with zero attached hydrogens (tertiary/aromatic N) is 1. The first-order chi connectivity index (χ1) is 12.7. The molecule has 2 heterocycles. The molecule has 5 heteroatoms. The Morgan fingerprint density at radius 1 is 1.19 bits per heavy atom. The van der Waals surface area contributed by atoms with E-state index in [9.17, 15) is 9.18 Å². The number of carbonyl (C=O) groups is 1. The van der Waals surface area contributed by atoms with Gasteiger partial charge >= 0.3 is 0 Å². The fourth-order valence-corrected chi connectivity index (χ4v) is 5.65. The fourth-order valence-electron chi connectivity index (χ4n) is 4.76. The van der Waals surface area contributed by atoms with Gasteiger partial charge in [-0.2, -0.15) is 0 Å². The summed E-state index contributed by atoms with van der Waals surface area (Å²) >= 11 is 1.64. The second-order valence-corrected chi connectivity index (χ2v) is 8.57. The van der Waals surface area contributed by atoms with Crippen LogP contribution in [0.2, 0.25) is 0 Å². The molecular weight excluding hydrogens is 347 g/mol. The number of rotatable bonds is 4. The van der Waals surface area contributed by atoms with Gasteiger partial charge in [-0.05, 0) is 66.3 Å². The Kier molecular flexibility index (Phi) is 3.85. The molecule has 134 valence electrons. The number of nitrogens with one attached hydrogen (secondary N) is 1. The van der Waals surface area contributed by atoms with Crippen LogP contribution in [0.3, 0.4) is 0 Å². The molecule has 0 radical (unpaired) electrons. The average Bonchev–Trinajstić information content (AvgIpc) is 3.39. The van der Waals surface area contributed by atoms with E-state index in [0.29, 0.717) is 24.2 Å². The van der Waals surface area contributed by atoms with E-state index >= 15 is 0 Å². The number of hydrogen-bond acceptors (Lipinski definition) is 2. The molecule has 0 unspecified atom stereocenters. The average molecular weight is 368 g/mol. The first-order valence-corrected chi connectivity index (χ1v) is 10.2. The van der Waals surface area contributed by atoms with Gasteiger partial charge in [-0.1, -0.05) is 18.6 Å². The van der Waals surface area contributed by atoms with Crippen molar-refractivity contribution in [2.75, 3.05) is 0 Å². The summed E-state index contributed by atoms with van der Waals surface area (Å²) in [6.07, 6.45) is 4.98. The number of thiophene rings is 1. The Morgan fingerprint density at radius 3 is 2.77 bits per heavy atom. The van der Waals surface area contributed by atoms with Crippen molar-refractivity contribution in [1.29, 1.82) is 0 Å². The van der Waals surface area contributed by atoms with E-state index in [4.69, 9.17) is 0 Å². The van der Waals surface area contributed by atoms with Crippen LogP contribution < -0.4 is 5.32 Å². The molecule has 3 nitrogen and oxygen atoms in total. The molecule has 26 heavy (non-hydrogen) atoms. The summed E-state index contributed by atoms with van der Waals surface area (Å²) in [6, 6.07) is 10.9. The maximum absolute atomic E-state index is 13.2. The van der Waals surface area contributed by atoms with Crippen molar-refractivity contribution in [2.24, 2.45) is 11.8 Å². The highest BCUT2D eigenvalue weighted by molar-refractivity contribution is 7.16. The first-order valence-electron chi connectivity index (χ1n) is 9.29. The summed E-state index contributed by atoms with van der Waals surface area (Å²) in [7, 11) is 0. The lowest BCUT2D eigenvalue weighted by Crippen LogP contribution is -2.39. The quantitative estimate of drug-likeness (QED) is 0.705. The molecule has 2 aromatic heterocycles. The topological polar surface area (TPSA) is 34.0 Å². The maximum Gasteiger partial charge on any atom is 0.268 e. The van der Waals surface area contributed by atoms with E-state index in [2.05, 4.69) is 16.0 Å². The van der Waals surface area contributed by atoms with E-state index in [1.165, 1.54) is 31.4 Å². The van der Waals surface area contributed by atoms with Gasteiger partial charge < -0.3 is 9.88 Å². The molecule has 2 aliphatic carbocycles. The standard InChI is InChI=1S/C21H21FN2OS/c22-17-5-2-13(3-6-17)12-24-19(11-16-7-8-26-21(16)24)20(25)23-18-10-14-1-4-15(18)9-14/h2-3,5-8,11,14-15,18H,1,4,9-10,12H2,(H,23,25)/t14-,15+,18-/m0/s1. The third kappa shape index (κ3) is 2.75. The van der Waals surface area contributed by atoms with E-state index in [-0.39, 0.29) is 11.7 Å². The third-order valence-corrected chi connectivity index (χ3v) is 7.00. The van der Waals surface area contributed by atoms with Gasteiger partial charge in [0.25, 0.3) is 5.91 Å². The van der Waals surface area contributed by atoms with Crippen LogP contribution in [0.4, 0.5) is 4.39 Å². The van der Waals surface area contributed by atoms with Crippen molar-refractivity contribution < 1.29 is 9.18 Å². The Morgan fingerprint density at radius 2 is 2.04 bits per heavy atom. The number of carbonyl (C=O) groups excluding carboxylic acids is 1. The zero-order valence-corrected chi connectivity index (χ0v) is 15.3. The summed E-state index contributed by atoms with van der Waals surface area (Å²) in [5.74, 6) is 1.25. The van der Waals surface area contributed by atoms with E-state index < -0.39 is 0 Å². The smallest absolute Gasteiger partial charge is 0.268 e. The van der Waals surface area contributed by atoms with Crippen molar-refractivity contribution in [3.8, 4) is 0 Å². The van der Waals surface area contributed by atoms with Crippen LogP contribution >= 0.6 is 11.3 Å². The largest absolute Gasteiger partial charge is 0.348 e. The summed E-state index contributed by atoms with van der Waals surface area (Å²) in [4.78, 5) is 14.1. The van der Waals surface area contributed by atoms with Crippen molar-refractivity contribution in [1.82, 2.24) is 9.88 Å². The highest BCUT2D eigenvalue weighted by atomic mass is 32.1. The normalized spacial score (nSPS) is 24.4. The number of benzene rings is 1. The highest BCUT2D eigenvalue weighted by Gasteiger charge is 2.40. The zero-order valence-electron chi connectivity index (χ0n) is 14.5. The predicted molar refractivity (Wildman–Crippen MR) is 102 cm³/mol. The molecule has 2 fully saturated rings. The van der Waals surface area contributed by atoms with Gasteiger partial charge in [0.05, 0.1) is 0 Å². The summed E-state index contributed by atoms with van der Waals surface area (Å²) < 4.78 is 15.3. The molecule has 2 bridgehead atoms. The number of fused-ring (bicyclic) bond motifs is 3. The zero-order chi connectivity index (χ0) is 17.7. The van der Waals surface area contributed by atoms with Crippen LogP contribution in [-0.2, 0) is 6.54 Å². The van der Waals surface area contributed by atoms with Gasteiger partial charge in [-0.25, -0.2) is 4.39 Å². The van der Waals surface area contributed by atoms with Crippen LogP contribution in [0.1, 0.15) is 41.7 Å². The van der Waals surface area contributed by atoms with Crippen LogP contribution in [-0.4, -0.2) is 16.5 Å². The van der Waals surface area contributed by atoms with Gasteiger partial charge in [-0.3, -0.25) is 4.79 Å². The minimum Gasteiger partial charge on any atom is -0.348 e. The minimum atomic E-state index is -0.239. The lowest BCUT2D eigenvalue weighted by atomic mass is 9.95. The minimum absolute atomic E-state index is 0.0214. The third-order valence-electron chi connectivity index (χ3n) is 6.04. The molecule has 2 saturated carbocycles. The van der Waals surface area contributed by atoms with Crippen LogP contribution in [0, 0.1) is 17.7 Å². The van der Waals surface area contributed by atoms with Gasteiger partial charge in [0.15, 0.2) is 0 Å². The maximum atomic E-state index is 13.2. The highest BCUT2D eigenvalue weighted by Crippen LogP contribution is 2.44. The van der Waals surface area contributed by atoms with Crippen molar-refractivity contribution >= 4 is 27.5 Å². The second kappa shape index (κ2) is 6.23. The lowest BCUT2D eigenvalue weighted by Gasteiger charge is -2.23. The summed E-state index contributed by atoms with van der Waals surface area (Å²) in [5.41, 5.74) is 1.70. The van der Waals surface area contributed by atoms with Crippen molar-refractivity contribution in [3.63, 3.8) is 0 Å². The molecule has 2 aliphatic rings.